The first-order valence-electron chi connectivity index (χ1n) is 8.76. The molecule has 1 fully saturated rings. The highest BCUT2D eigenvalue weighted by Crippen LogP contribution is 2.11. The van der Waals surface area contributed by atoms with E-state index in [9.17, 15) is 4.79 Å². The molecule has 0 unspecified atom stereocenters. The van der Waals surface area contributed by atoms with Crippen LogP contribution in [0.25, 0.3) is 0 Å². The molecule has 0 bridgehead atoms. The van der Waals surface area contributed by atoms with Crippen LogP contribution in [-0.2, 0) is 13.0 Å². The molecule has 0 saturated carbocycles. The van der Waals surface area contributed by atoms with Gasteiger partial charge in [0.25, 0.3) is 0 Å². The molecule has 1 aliphatic heterocycles. The van der Waals surface area contributed by atoms with Gasteiger partial charge >= 0.3 is 6.03 Å². The molecule has 1 N–H and O–H groups in total. The Bertz CT molecular complexity index is 667. The average Bonchev–Trinajstić information content (AvgIpc) is 3.05. The van der Waals surface area contributed by atoms with Gasteiger partial charge in [0, 0.05) is 69.2 Å². The third-order valence-corrected chi connectivity index (χ3v) is 5.33. The van der Waals surface area contributed by atoms with E-state index in [4.69, 9.17) is 0 Å². The van der Waals surface area contributed by atoms with Gasteiger partial charge in [-0.15, -0.1) is 11.3 Å². The third-order valence-electron chi connectivity index (χ3n) is 4.30. The minimum atomic E-state index is 0.0522. The molecule has 1 saturated heterocycles. The second kappa shape index (κ2) is 8.92. The highest BCUT2D eigenvalue weighted by Gasteiger charge is 2.20. The normalized spacial score (nSPS) is 15.3. The molecule has 134 valence electrons. The average molecular weight is 359 g/mol. The summed E-state index contributed by atoms with van der Waals surface area (Å²) in [5.74, 6) is 0. The molecule has 1 aliphatic rings. The van der Waals surface area contributed by atoms with Gasteiger partial charge in [0.05, 0.1) is 5.01 Å². The molecule has 0 aromatic carbocycles. The smallest absolute Gasteiger partial charge is 0.317 e. The number of carbonyl (C=O) groups excluding carboxylic acids is 1. The minimum absolute atomic E-state index is 0.0522. The summed E-state index contributed by atoms with van der Waals surface area (Å²) in [5.41, 5.74) is 2.30. The monoisotopic (exact) mass is 359 g/mol. The second-order valence-corrected chi connectivity index (χ2v) is 7.29. The van der Waals surface area contributed by atoms with Gasteiger partial charge in [-0.05, 0) is 25.0 Å². The lowest BCUT2D eigenvalue weighted by Crippen LogP contribution is -2.51. The molecule has 0 aliphatic carbocycles. The van der Waals surface area contributed by atoms with Crippen LogP contribution in [0.1, 0.15) is 22.7 Å². The fourth-order valence-electron chi connectivity index (χ4n) is 2.92. The van der Waals surface area contributed by atoms with Crippen molar-refractivity contribution >= 4 is 17.4 Å². The molecule has 3 heterocycles. The van der Waals surface area contributed by atoms with Gasteiger partial charge in [0.15, 0.2) is 0 Å². The number of thiazole rings is 1. The van der Waals surface area contributed by atoms with Crippen molar-refractivity contribution in [2.45, 2.75) is 26.3 Å². The summed E-state index contributed by atoms with van der Waals surface area (Å²) in [6.07, 6.45) is 5.56. The highest BCUT2D eigenvalue weighted by atomic mass is 32.1. The van der Waals surface area contributed by atoms with E-state index in [-0.39, 0.29) is 6.03 Å². The number of hydrogen-bond acceptors (Lipinski definition) is 5. The zero-order valence-corrected chi connectivity index (χ0v) is 15.5. The summed E-state index contributed by atoms with van der Waals surface area (Å²) < 4.78 is 0. The van der Waals surface area contributed by atoms with Gasteiger partial charge in [-0.2, -0.15) is 0 Å². The number of nitrogens with one attached hydrogen (secondary N) is 1. The molecule has 2 amide bonds. The molecule has 7 heteroatoms. The van der Waals surface area contributed by atoms with Gasteiger partial charge in [-0.25, -0.2) is 9.78 Å². The fourth-order valence-corrected chi connectivity index (χ4v) is 3.74. The van der Waals surface area contributed by atoms with Crippen molar-refractivity contribution in [1.82, 2.24) is 25.1 Å². The Morgan fingerprint density at radius 3 is 2.84 bits per heavy atom. The number of rotatable bonds is 6. The van der Waals surface area contributed by atoms with Crippen LogP contribution < -0.4 is 5.32 Å². The Hall–Kier alpha value is -1.99. The molecule has 25 heavy (non-hydrogen) atoms. The molecule has 3 rings (SSSR count). The number of nitrogens with zero attached hydrogens (tertiary/aromatic N) is 4. The largest absolute Gasteiger partial charge is 0.338 e. The van der Waals surface area contributed by atoms with E-state index in [0.29, 0.717) is 6.54 Å². The summed E-state index contributed by atoms with van der Waals surface area (Å²) in [5, 5.41) is 6.25. The number of aryl methyl sites for hydroxylation is 2. The standard InChI is InChI=1S/C18H25N5OS/c1-15-14-25-17(21-15)5-3-7-20-18(24)23-10-8-22(9-11-23)13-16-4-2-6-19-12-16/h2,4,6,12,14H,3,5,7-11,13H2,1H3,(H,20,24). The molecular formula is C18H25N5OS. The van der Waals surface area contributed by atoms with Crippen LogP contribution in [0.2, 0.25) is 0 Å². The van der Waals surface area contributed by atoms with E-state index in [2.05, 4.69) is 31.6 Å². The van der Waals surface area contributed by atoms with Crippen molar-refractivity contribution in [2.75, 3.05) is 32.7 Å². The van der Waals surface area contributed by atoms with Crippen LogP contribution in [0.5, 0.6) is 0 Å². The Balaban J connectivity index is 1.32. The van der Waals surface area contributed by atoms with Gasteiger partial charge in [0.1, 0.15) is 0 Å². The number of piperazine rings is 1. The van der Waals surface area contributed by atoms with Crippen LogP contribution in [0, 0.1) is 6.92 Å². The zero-order valence-electron chi connectivity index (χ0n) is 14.6. The molecule has 2 aromatic rings. The van der Waals surface area contributed by atoms with Crippen molar-refractivity contribution in [3.8, 4) is 0 Å². The first-order valence-corrected chi connectivity index (χ1v) is 9.64. The van der Waals surface area contributed by atoms with Gasteiger partial charge in [-0.3, -0.25) is 9.88 Å². The molecule has 2 aromatic heterocycles. The van der Waals surface area contributed by atoms with Crippen LogP contribution >= 0.6 is 11.3 Å². The third kappa shape index (κ3) is 5.51. The molecular weight excluding hydrogens is 334 g/mol. The minimum Gasteiger partial charge on any atom is -0.338 e. The lowest BCUT2D eigenvalue weighted by Gasteiger charge is -2.34. The van der Waals surface area contributed by atoms with E-state index in [1.807, 2.05) is 24.1 Å². The summed E-state index contributed by atoms with van der Waals surface area (Å²) in [6.45, 7) is 6.97. The quantitative estimate of drug-likeness (QED) is 0.804. The van der Waals surface area contributed by atoms with Crippen molar-refractivity contribution in [3.05, 3.63) is 46.2 Å². The van der Waals surface area contributed by atoms with E-state index < -0.39 is 0 Å². The van der Waals surface area contributed by atoms with Crippen LogP contribution in [0.15, 0.2) is 29.9 Å². The highest BCUT2D eigenvalue weighted by molar-refractivity contribution is 7.09. The predicted molar refractivity (Wildman–Crippen MR) is 99.7 cm³/mol. The lowest BCUT2D eigenvalue weighted by atomic mass is 10.2. The number of urea groups is 1. The molecule has 0 spiro atoms. The topological polar surface area (TPSA) is 61.4 Å². The molecule has 6 nitrogen and oxygen atoms in total. The summed E-state index contributed by atoms with van der Waals surface area (Å²) in [7, 11) is 0. The summed E-state index contributed by atoms with van der Waals surface area (Å²) >= 11 is 1.69. The van der Waals surface area contributed by atoms with Crippen LogP contribution in [0.4, 0.5) is 4.79 Å². The first kappa shape index (κ1) is 17.8. The van der Waals surface area contributed by atoms with Crippen LogP contribution in [-0.4, -0.2) is 58.5 Å². The number of hydrogen-bond donors (Lipinski definition) is 1. The van der Waals surface area contributed by atoms with Crippen LogP contribution in [0.3, 0.4) is 0 Å². The van der Waals surface area contributed by atoms with Crippen molar-refractivity contribution in [2.24, 2.45) is 0 Å². The lowest BCUT2D eigenvalue weighted by molar-refractivity contribution is 0.135. The maximum absolute atomic E-state index is 12.3. The number of aromatic nitrogens is 2. The number of pyridine rings is 1. The van der Waals surface area contributed by atoms with E-state index in [1.165, 1.54) is 5.56 Å². The predicted octanol–water partition coefficient (Wildman–Crippen LogP) is 2.31. The van der Waals surface area contributed by atoms with Gasteiger partial charge < -0.3 is 10.2 Å². The van der Waals surface area contributed by atoms with E-state index >= 15 is 0 Å². The van der Waals surface area contributed by atoms with E-state index in [1.54, 1.807) is 17.5 Å². The fraction of sp³-hybridized carbons (Fsp3) is 0.500. The Kier molecular flexibility index (Phi) is 6.36. The van der Waals surface area contributed by atoms with Gasteiger partial charge in [-0.1, -0.05) is 6.07 Å². The van der Waals surface area contributed by atoms with E-state index in [0.717, 1.165) is 56.3 Å². The van der Waals surface area contributed by atoms with Crippen molar-refractivity contribution in [3.63, 3.8) is 0 Å². The number of carbonyl (C=O) groups is 1. The summed E-state index contributed by atoms with van der Waals surface area (Å²) in [6, 6.07) is 4.11. The SMILES string of the molecule is Cc1csc(CCCNC(=O)N2CCN(Cc3cccnc3)CC2)n1. The van der Waals surface area contributed by atoms with Crippen molar-refractivity contribution < 1.29 is 4.79 Å². The molecule has 0 atom stereocenters. The first-order chi connectivity index (χ1) is 12.2. The van der Waals surface area contributed by atoms with Gasteiger partial charge in [0.2, 0.25) is 0 Å². The Morgan fingerprint density at radius 1 is 1.32 bits per heavy atom. The summed E-state index contributed by atoms with van der Waals surface area (Å²) in [4.78, 5) is 25.1. The Labute approximate surface area is 152 Å². The Morgan fingerprint density at radius 2 is 2.16 bits per heavy atom. The van der Waals surface area contributed by atoms with Crippen molar-refractivity contribution in [1.29, 1.82) is 0 Å². The second-order valence-electron chi connectivity index (χ2n) is 6.34. The number of amides is 2. The maximum atomic E-state index is 12.3. The molecule has 0 radical (unpaired) electrons. The maximum Gasteiger partial charge on any atom is 0.317 e. The zero-order chi connectivity index (χ0) is 17.5.